The molecule has 2 N–H and O–H groups in total. The van der Waals surface area contributed by atoms with E-state index < -0.39 is 5.54 Å². The maximum atomic E-state index is 6.06. The molecule has 1 aromatic carbocycles. The molecule has 0 aliphatic carbocycles. The van der Waals surface area contributed by atoms with Crippen molar-refractivity contribution in [1.29, 1.82) is 0 Å². The molecule has 1 aliphatic heterocycles. The summed E-state index contributed by atoms with van der Waals surface area (Å²) in [5.41, 5.74) is 6.44. The lowest BCUT2D eigenvalue weighted by Crippen LogP contribution is -2.28. The van der Waals surface area contributed by atoms with Crippen molar-refractivity contribution in [2.45, 2.75) is 19.4 Å². The zero-order valence-corrected chi connectivity index (χ0v) is 9.34. The summed E-state index contributed by atoms with van der Waals surface area (Å²) in [4.78, 5) is 0. The van der Waals surface area contributed by atoms with E-state index >= 15 is 0 Å². The summed E-state index contributed by atoms with van der Waals surface area (Å²) in [5.74, 6) is 1.13. The van der Waals surface area contributed by atoms with Crippen LogP contribution in [0.2, 0.25) is 5.02 Å². The SMILES string of the molecule is CC(C)(N)c1cc(Cl)c2c(c1)OC=CO2. The normalized spacial score (nSPS) is 14.1. The zero-order valence-electron chi connectivity index (χ0n) is 8.58. The van der Waals surface area contributed by atoms with Crippen LogP contribution in [0.4, 0.5) is 0 Å². The Labute approximate surface area is 93.4 Å². The quantitative estimate of drug-likeness (QED) is 0.799. The molecule has 0 aromatic heterocycles. The summed E-state index contributed by atoms with van der Waals surface area (Å²) in [6, 6.07) is 3.63. The highest BCUT2D eigenvalue weighted by atomic mass is 35.5. The smallest absolute Gasteiger partial charge is 0.187 e. The van der Waals surface area contributed by atoms with Crippen LogP contribution in [0.25, 0.3) is 0 Å². The third-order valence-corrected chi connectivity index (χ3v) is 2.47. The number of ether oxygens (including phenoxy) is 2. The van der Waals surface area contributed by atoms with Crippen LogP contribution in [0.5, 0.6) is 11.5 Å². The van der Waals surface area contributed by atoms with Crippen molar-refractivity contribution in [2.75, 3.05) is 0 Å². The second-order valence-electron chi connectivity index (χ2n) is 4.01. The predicted octanol–water partition coefficient (Wildman–Crippen LogP) is 2.78. The summed E-state index contributed by atoms with van der Waals surface area (Å²) in [7, 11) is 0. The summed E-state index contributed by atoms with van der Waals surface area (Å²) in [5, 5.41) is 0.505. The van der Waals surface area contributed by atoms with Crippen molar-refractivity contribution in [3.8, 4) is 11.5 Å². The van der Waals surface area contributed by atoms with E-state index in [4.69, 9.17) is 26.8 Å². The lowest BCUT2D eigenvalue weighted by molar-refractivity contribution is 0.360. The van der Waals surface area contributed by atoms with Gasteiger partial charge in [-0.3, -0.25) is 0 Å². The minimum Gasteiger partial charge on any atom is -0.458 e. The third kappa shape index (κ3) is 1.94. The van der Waals surface area contributed by atoms with E-state index in [2.05, 4.69) is 0 Å². The largest absolute Gasteiger partial charge is 0.458 e. The fraction of sp³-hybridized carbons (Fsp3) is 0.273. The van der Waals surface area contributed by atoms with Crippen LogP contribution in [0, 0.1) is 0 Å². The molecule has 2 rings (SSSR count). The second kappa shape index (κ2) is 3.43. The molecule has 0 atom stereocenters. The van der Waals surface area contributed by atoms with Crippen molar-refractivity contribution >= 4 is 11.6 Å². The molecule has 0 radical (unpaired) electrons. The Morgan fingerprint density at radius 3 is 2.53 bits per heavy atom. The first kappa shape index (κ1) is 10.3. The zero-order chi connectivity index (χ0) is 11.1. The Morgan fingerprint density at radius 2 is 1.87 bits per heavy atom. The van der Waals surface area contributed by atoms with Gasteiger partial charge < -0.3 is 15.2 Å². The van der Waals surface area contributed by atoms with Crippen LogP contribution in [-0.4, -0.2) is 0 Å². The lowest BCUT2D eigenvalue weighted by Gasteiger charge is -2.22. The molecule has 0 bridgehead atoms. The topological polar surface area (TPSA) is 44.5 Å². The third-order valence-electron chi connectivity index (χ3n) is 2.19. The summed E-state index contributed by atoms with van der Waals surface area (Å²) >= 11 is 6.06. The molecule has 80 valence electrons. The highest BCUT2D eigenvalue weighted by Crippen LogP contribution is 2.40. The Hall–Kier alpha value is -1.19. The van der Waals surface area contributed by atoms with Gasteiger partial charge in [0.1, 0.15) is 12.5 Å². The van der Waals surface area contributed by atoms with Crippen molar-refractivity contribution in [2.24, 2.45) is 5.73 Å². The molecule has 0 amide bonds. The molecule has 3 nitrogen and oxygen atoms in total. The highest BCUT2D eigenvalue weighted by Gasteiger charge is 2.21. The van der Waals surface area contributed by atoms with Crippen LogP contribution < -0.4 is 15.2 Å². The first-order chi connectivity index (χ1) is 6.98. The second-order valence-corrected chi connectivity index (χ2v) is 4.42. The van der Waals surface area contributed by atoms with Gasteiger partial charge in [-0.15, -0.1) is 0 Å². The lowest BCUT2D eigenvalue weighted by atomic mass is 9.95. The van der Waals surface area contributed by atoms with Crippen LogP contribution in [0.15, 0.2) is 24.7 Å². The van der Waals surface area contributed by atoms with Crippen molar-refractivity contribution in [3.63, 3.8) is 0 Å². The highest BCUT2D eigenvalue weighted by molar-refractivity contribution is 6.32. The maximum absolute atomic E-state index is 6.06. The number of rotatable bonds is 1. The van der Waals surface area contributed by atoms with Gasteiger partial charge in [0.25, 0.3) is 0 Å². The van der Waals surface area contributed by atoms with Crippen LogP contribution in [-0.2, 0) is 5.54 Å². The Bertz CT molecular complexity index is 421. The number of hydrogen-bond acceptors (Lipinski definition) is 3. The van der Waals surface area contributed by atoms with Crippen LogP contribution in [0.1, 0.15) is 19.4 Å². The predicted molar refractivity (Wildman–Crippen MR) is 59.1 cm³/mol. The molecular weight excluding hydrogens is 214 g/mol. The minimum absolute atomic E-state index is 0.455. The average molecular weight is 226 g/mol. The average Bonchev–Trinajstić information content (AvgIpc) is 2.16. The number of nitrogens with two attached hydrogens (primary N) is 1. The molecule has 0 spiro atoms. The molecule has 1 aliphatic rings. The van der Waals surface area contributed by atoms with E-state index in [9.17, 15) is 0 Å². The van der Waals surface area contributed by atoms with Crippen molar-refractivity contribution in [1.82, 2.24) is 0 Å². The first-order valence-corrected chi connectivity index (χ1v) is 4.97. The molecule has 0 saturated heterocycles. The van der Waals surface area contributed by atoms with Crippen molar-refractivity contribution in [3.05, 3.63) is 35.2 Å². The van der Waals surface area contributed by atoms with Gasteiger partial charge in [0.2, 0.25) is 0 Å². The van der Waals surface area contributed by atoms with E-state index in [0.717, 1.165) is 5.56 Å². The van der Waals surface area contributed by atoms with Gasteiger partial charge >= 0.3 is 0 Å². The first-order valence-electron chi connectivity index (χ1n) is 4.60. The van der Waals surface area contributed by atoms with Gasteiger partial charge in [-0.1, -0.05) is 11.6 Å². The molecule has 1 heterocycles. The van der Waals surface area contributed by atoms with Gasteiger partial charge in [-0.05, 0) is 31.5 Å². The molecular formula is C11H12ClNO2. The Balaban J connectivity index is 2.52. The fourth-order valence-corrected chi connectivity index (χ4v) is 1.59. The summed E-state index contributed by atoms with van der Waals surface area (Å²) in [6.45, 7) is 3.81. The molecule has 1 aromatic rings. The number of halogens is 1. The number of hydrogen-bond donors (Lipinski definition) is 1. The van der Waals surface area contributed by atoms with Gasteiger partial charge in [0.15, 0.2) is 11.5 Å². The molecule has 0 saturated carbocycles. The monoisotopic (exact) mass is 225 g/mol. The maximum Gasteiger partial charge on any atom is 0.187 e. The summed E-state index contributed by atoms with van der Waals surface area (Å²) in [6.07, 6.45) is 2.91. The molecule has 4 heteroatoms. The fourth-order valence-electron chi connectivity index (χ4n) is 1.34. The van der Waals surface area contributed by atoms with Gasteiger partial charge in [0, 0.05) is 5.54 Å². The number of fused-ring (bicyclic) bond motifs is 1. The van der Waals surface area contributed by atoms with E-state index in [1.807, 2.05) is 19.9 Å². The van der Waals surface area contributed by atoms with E-state index in [0.29, 0.717) is 16.5 Å². The van der Waals surface area contributed by atoms with Gasteiger partial charge in [0.05, 0.1) is 5.02 Å². The van der Waals surface area contributed by atoms with Crippen molar-refractivity contribution < 1.29 is 9.47 Å². The Kier molecular flexibility index (Phi) is 2.37. The number of benzene rings is 1. The van der Waals surface area contributed by atoms with Gasteiger partial charge in [-0.2, -0.15) is 0 Å². The van der Waals surface area contributed by atoms with E-state index in [1.165, 1.54) is 12.5 Å². The standard InChI is InChI=1S/C11H12ClNO2/c1-11(2,13)7-5-8(12)10-9(6-7)14-3-4-15-10/h3-6H,13H2,1-2H3. The minimum atomic E-state index is -0.455. The molecule has 0 unspecified atom stereocenters. The Morgan fingerprint density at radius 1 is 1.20 bits per heavy atom. The van der Waals surface area contributed by atoms with Crippen LogP contribution >= 0.6 is 11.6 Å². The van der Waals surface area contributed by atoms with E-state index in [-0.39, 0.29) is 0 Å². The van der Waals surface area contributed by atoms with E-state index in [1.54, 1.807) is 6.07 Å². The van der Waals surface area contributed by atoms with Gasteiger partial charge in [-0.25, -0.2) is 0 Å². The molecule has 15 heavy (non-hydrogen) atoms. The summed E-state index contributed by atoms with van der Waals surface area (Å²) < 4.78 is 10.5. The van der Waals surface area contributed by atoms with Crippen LogP contribution in [0.3, 0.4) is 0 Å². The molecule has 0 fully saturated rings.